The Morgan fingerprint density at radius 3 is 2.60 bits per heavy atom. The summed E-state index contributed by atoms with van der Waals surface area (Å²) in [4.78, 5) is 30.6. The number of rotatable bonds is 8. The second kappa shape index (κ2) is 11.8. The van der Waals surface area contributed by atoms with E-state index in [9.17, 15) is 31.5 Å². The lowest BCUT2D eigenvalue weighted by molar-refractivity contribution is -0.183. The van der Waals surface area contributed by atoms with E-state index in [-0.39, 0.29) is 50.4 Å². The Morgan fingerprint density at radius 2 is 1.95 bits per heavy atom. The summed E-state index contributed by atoms with van der Waals surface area (Å²) in [7, 11) is 0. The van der Waals surface area contributed by atoms with E-state index < -0.39 is 48.3 Å². The van der Waals surface area contributed by atoms with Crippen molar-refractivity contribution >= 4 is 17.5 Å². The molecule has 3 aromatic rings. The topological polar surface area (TPSA) is 106 Å². The fourth-order valence-corrected chi connectivity index (χ4v) is 6.18. The van der Waals surface area contributed by atoms with Gasteiger partial charge in [-0.1, -0.05) is 13.8 Å². The summed E-state index contributed by atoms with van der Waals surface area (Å²) in [6.07, 6.45) is -1.80. The normalized spacial score (nSPS) is 22.1. The average Bonchev–Trinajstić information content (AvgIpc) is 3.58. The average molecular weight is 610 g/mol. The molecule has 1 unspecified atom stereocenters. The fourth-order valence-electron chi connectivity index (χ4n) is 6.18. The van der Waals surface area contributed by atoms with E-state index in [4.69, 9.17) is 4.98 Å². The first-order valence-corrected chi connectivity index (χ1v) is 14.7. The lowest BCUT2D eigenvalue weighted by atomic mass is 9.81. The molecule has 2 amide bonds. The predicted octanol–water partition coefficient (Wildman–Crippen LogP) is 5.22. The van der Waals surface area contributed by atoms with Gasteiger partial charge in [-0.2, -0.15) is 23.4 Å². The molecule has 1 saturated carbocycles. The van der Waals surface area contributed by atoms with Crippen molar-refractivity contribution in [2.24, 2.45) is 17.8 Å². The Balaban J connectivity index is 1.48. The number of aromatic nitrogens is 5. The molecule has 4 heterocycles. The quantitative estimate of drug-likeness (QED) is 0.341. The van der Waals surface area contributed by atoms with Crippen LogP contribution in [0.2, 0.25) is 0 Å². The van der Waals surface area contributed by atoms with Crippen molar-refractivity contribution in [3.63, 3.8) is 0 Å². The zero-order valence-electron chi connectivity index (χ0n) is 24.3. The molecule has 2 aliphatic rings. The lowest BCUT2D eigenvalue weighted by Gasteiger charge is -2.33. The number of hydrogen-bond acceptors (Lipinski definition) is 5. The van der Waals surface area contributed by atoms with Crippen LogP contribution >= 0.6 is 0 Å². The largest absolute Gasteiger partial charge is 0.393 e. The molecular weight excluding hydrogens is 573 g/mol. The Labute approximate surface area is 245 Å². The number of carbonyl (C=O) groups is 2. The van der Waals surface area contributed by atoms with Gasteiger partial charge in [-0.25, -0.2) is 18.3 Å². The number of alkyl halides is 5. The van der Waals surface area contributed by atoms with Gasteiger partial charge in [-0.3, -0.25) is 14.3 Å². The summed E-state index contributed by atoms with van der Waals surface area (Å²) in [5.74, 6) is -6.50. The molecule has 2 fully saturated rings. The van der Waals surface area contributed by atoms with Crippen molar-refractivity contribution < 1.29 is 31.5 Å². The second-order valence-electron chi connectivity index (χ2n) is 12.0. The number of imidazole rings is 1. The summed E-state index contributed by atoms with van der Waals surface area (Å²) in [5, 5.41) is 14.2. The molecule has 3 atom stereocenters. The van der Waals surface area contributed by atoms with Gasteiger partial charge in [0.05, 0.1) is 29.5 Å². The van der Waals surface area contributed by atoms with E-state index in [0.29, 0.717) is 29.3 Å². The van der Waals surface area contributed by atoms with E-state index in [1.807, 2.05) is 20.8 Å². The van der Waals surface area contributed by atoms with E-state index in [2.05, 4.69) is 20.8 Å². The third-order valence-corrected chi connectivity index (χ3v) is 8.65. The highest BCUT2D eigenvalue weighted by molar-refractivity contribution is 5.92. The zero-order valence-corrected chi connectivity index (χ0v) is 24.3. The fraction of sp³-hybridized carbons (Fsp3) is 0.621. The van der Waals surface area contributed by atoms with E-state index in [1.165, 1.54) is 10.7 Å². The van der Waals surface area contributed by atoms with Crippen LogP contribution in [0.25, 0.3) is 5.65 Å². The molecule has 0 aromatic carbocycles. The molecule has 43 heavy (non-hydrogen) atoms. The van der Waals surface area contributed by atoms with Crippen LogP contribution in [0.15, 0.2) is 24.5 Å². The molecule has 1 aliphatic carbocycles. The van der Waals surface area contributed by atoms with Gasteiger partial charge in [-0.05, 0) is 55.7 Å². The molecule has 0 spiro atoms. The van der Waals surface area contributed by atoms with Gasteiger partial charge in [-0.15, -0.1) is 0 Å². The molecule has 14 heteroatoms. The van der Waals surface area contributed by atoms with Gasteiger partial charge in [0.25, 0.3) is 5.91 Å². The van der Waals surface area contributed by atoms with Gasteiger partial charge >= 0.3 is 6.18 Å². The molecule has 3 aromatic heterocycles. The van der Waals surface area contributed by atoms with E-state index >= 15 is 0 Å². The Hall–Kier alpha value is -3.58. The highest BCUT2D eigenvalue weighted by Crippen LogP contribution is 2.41. The maximum Gasteiger partial charge on any atom is 0.393 e. The second-order valence-corrected chi connectivity index (χ2v) is 12.0. The number of carbonyl (C=O) groups excluding carboxylic acids is 2. The van der Waals surface area contributed by atoms with E-state index in [0.717, 1.165) is 5.56 Å². The number of amides is 2. The minimum atomic E-state index is -4.42. The number of hydrogen-bond donors (Lipinski definition) is 2. The van der Waals surface area contributed by atoms with Gasteiger partial charge in [0.15, 0.2) is 5.65 Å². The van der Waals surface area contributed by atoms with Gasteiger partial charge < -0.3 is 10.6 Å². The maximum atomic E-state index is 14.1. The Kier molecular flexibility index (Phi) is 8.50. The van der Waals surface area contributed by atoms with Crippen molar-refractivity contribution in [1.82, 2.24) is 35.0 Å². The number of halogens is 5. The highest BCUT2D eigenvalue weighted by Gasteiger charge is 2.45. The first-order valence-electron chi connectivity index (χ1n) is 14.7. The first kappa shape index (κ1) is 30.9. The minimum Gasteiger partial charge on any atom is -0.355 e. The van der Waals surface area contributed by atoms with Crippen LogP contribution in [0.1, 0.15) is 92.3 Å². The van der Waals surface area contributed by atoms with Gasteiger partial charge in [0.1, 0.15) is 5.69 Å². The minimum absolute atomic E-state index is 0.0221. The molecule has 2 N–H and O–H groups in total. The van der Waals surface area contributed by atoms with Crippen LogP contribution in [0.3, 0.4) is 0 Å². The summed E-state index contributed by atoms with van der Waals surface area (Å²) in [6, 6.07) is 2.69. The van der Waals surface area contributed by atoms with Gasteiger partial charge in [0.2, 0.25) is 11.8 Å². The summed E-state index contributed by atoms with van der Waals surface area (Å²) in [5.41, 5.74) is 2.46. The third kappa shape index (κ3) is 6.67. The molecule has 5 rings (SSSR count). The van der Waals surface area contributed by atoms with Crippen molar-refractivity contribution in [3.8, 4) is 0 Å². The Bertz CT molecular complexity index is 1470. The smallest absolute Gasteiger partial charge is 0.355 e. The molecular formula is C29H36F5N7O2. The lowest BCUT2D eigenvalue weighted by Crippen LogP contribution is -2.47. The maximum absolute atomic E-state index is 14.1. The van der Waals surface area contributed by atoms with Crippen molar-refractivity contribution in [3.05, 3.63) is 47.2 Å². The predicted molar refractivity (Wildman–Crippen MR) is 146 cm³/mol. The van der Waals surface area contributed by atoms with Crippen LogP contribution in [0.4, 0.5) is 22.0 Å². The van der Waals surface area contributed by atoms with Crippen LogP contribution in [0.5, 0.6) is 0 Å². The number of nitrogens with one attached hydrogen (secondary N) is 2. The van der Waals surface area contributed by atoms with Crippen molar-refractivity contribution in [2.45, 2.75) is 89.9 Å². The summed E-state index contributed by atoms with van der Waals surface area (Å²) < 4.78 is 71.4. The van der Waals surface area contributed by atoms with Crippen LogP contribution < -0.4 is 10.6 Å². The standard InChI is InChI=1S/C29H36F5N7O2/c1-4-40-23(7-10-36-40)27(43)38-25(17-5-8-28(30,31)9-6-17)22-15-41-24(37-22)13-20(16(2)3)21(39-41)12-18-11-19(29(32,33)34)14-35-26(18)42/h7,10,13,15-19,25H,4-6,8-9,11-12,14H2,1-3H3,(H,35,42)(H,38,43)/t18?,19-,25+/m1/s1. The van der Waals surface area contributed by atoms with Crippen LogP contribution in [-0.2, 0) is 17.8 Å². The molecule has 0 radical (unpaired) electrons. The molecule has 0 bridgehead atoms. The number of piperidine rings is 1. The van der Waals surface area contributed by atoms with Crippen molar-refractivity contribution in [1.29, 1.82) is 0 Å². The van der Waals surface area contributed by atoms with Crippen LogP contribution in [-0.4, -0.2) is 54.8 Å². The summed E-state index contributed by atoms with van der Waals surface area (Å²) >= 11 is 0. The zero-order chi connectivity index (χ0) is 31.1. The molecule has 9 nitrogen and oxygen atoms in total. The Morgan fingerprint density at radius 1 is 1.23 bits per heavy atom. The monoisotopic (exact) mass is 609 g/mol. The first-order chi connectivity index (χ1) is 20.3. The molecule has 234 valence electrons. The SMILES string of the molecule is CCn1nccc1C(=O)N[C@H](c1cn2nc(CC3C[C@@H](C(F)(F)F)CNC3=O)c(C(C)C)cc2n1)C1CCC(F)(F)CC1. The number of fused-ring (bicyclic) bond motifs is 1. The number of aryl methyl sites for hydroxylation is 1. The van der Waals surface area contributed by atoms with E-state index in [1.54, 1.807) is 23.0 Å². The van der Waals surface area contributed by atoms with Crippen molar-refractivity contribution in [2.75, 3.05) is 6.54 Å². The van der Waals surface area contributed by atoms with Gasteiger partial charge in [0, 0.05) is 44.5 Å². The molecule has 1 saturated heterocycles. The molecule has 1 aliphatic heterocycles. The number of nitrogens with zero attached hydrogens (tertiary/aromatic N) is 5. The highest BCUT2D eigenvalue weighted by atomic mass is 19.4. The summed E-state index contributed by atoms with van der Waals surface area (Å²) in [6.45, 7) is 5.72. The third-order valence-electron chi connectivity index (χ3n) is 8.65. The van der Waals surface area contributed by atoms with Crippen LogP contribution in [0, 0.1) is 17.8 Å².